The Morgan fingerprint density at radius 2 is 1.91 bits per heavy atom. The molecule has 0 saturated heterocycles. The fraction of sp³-hybridized carbons (Fsp3) is 0.130. The zero-order valence-corrected chi connectivity index (χ0v) is 18.2. The fourth-order valence-electron chi connectivity index (χ4n) is 2.97. The van der Waals surface area contributed by atoms with Crippen molar-refractivity contribution < 1.29 is 14.1 Å². The summed E-state index contributed by atoms with van der Waals surface area (Å²) in [6.07, 6.45) is 2.84. The molecule has 0 atom stereocenters. The molecule has 2 aromatic carbocycles. The zero-order valence-electron chi connectivity index (χ0n) is 16.7. The molecule has 0 fully saturated rings. The van der Waals surface area contributed by atoms with Crippen LogP contribution in [-0.4, -0.2) is 17.4 Å². The van der Waals surface area contributed by atoms with Crippen LogP contribution in [0.2, 0.25) is 10.0 Å². The van der Waals surface area contributed by atoms with Crippen molar-refractivity contribution in [3.8, 4) is 17.4 Å². The first-order valence-electron chi connectivity index (χ1n) is 9.56. The number of halogens is 2. The quantitative estimate of drug-likeness (QED) is 0.147. The van der Waals surface area contributed by atoms with Crippen LogP contribution in [0.1, 0.15) is 17.7 Å². The highest BCUT2D eigenvalue weighted by atomic mass is 35.5. The Labute approximate surface area is 194 Å². The molecule has 0 saturated carbocycles. The summed E-state index contributed by atoms with van der Waals surface area (Å²) in [5, 5.41) is 23.3. The second-order valence-corrected chi connectivity index (χ2v) is 7.57. The number of benzene rings is 2. The smallest absolute Gasteiger partial charge is 0.288 e. The minimum Gasteiger partial charge on any atom is -0.457 e. The van der Waals surface area contributed by atoms with Gasteiger partial charge in [0.25, 0.3) is 11.6 Å². The van der Waals surface area contributed by atoms with Crippen LogP contribution in [0.5, 0.6) is 0 Å². The monoisotopic (exact) mass is 469 g/mol. The molecule has 0 radical (unpaired) electrons. The van der Waals surface area contributed by atoms with Gasteiger partial charge in [-0.25, -0.2) is 0 Å². The molecule has 0 spiro atoms. The van der Waals surface area contributed by atoms with Crippen molar-refractivity contribution in [3.05, 3.63) is 91.7 Å². The third kappa shape index (κ3) is 5.76. The van der Waals surface area contributed by atoms with Crippen LogP contribution in [0.4, 0.5) is 5.69 Å². The molecule has 7 nitrogen and oxygen atoms in total. The number of aryl methyl sites for hydroxylation is 1. The molecule has 1 aromatic heterocycles. The first-order chi connectivity index (χ1) is 15.4. The largest absolute Gasteiger partial charge is 0.457 e. The maximum absolute atomic E-state index is 12.3. The van der Waals surface area contributed by atoms with E-state index in [2.05, 4.69) is 5.32 Å². The first-order valence-corrected chi connectivity index (χ1v) is 10.3. The standard InChI is InChI=1S/C23H17Cl2N3O4/c24-19-13-20(25)21(28(30)31)12-18(19)22-9-8-17(32-22)11-16(14-26)23(29)27-10-4-7-15-5-2-1-3-6-15/h1-3,5-6,8-9,11-13H,4,7,10H2,(H,27,29)/b16-11-. The Hall–Kier alpha value is -3.60. The lowest BCUT2D eigenvalue weighted by atomic mass is 10.1. The minimum atomic E-state index is -0.623. The minimum absolute atomic E-state index is 0.0915. The van der Waals surface area contributed by atoms with Crippen LogP contribution in [0, 0.1) is 21.4 Å². The molecule has 162 valence electrons. The van der Waals surface area contributed by atoms with E-state index in [0.717, 1.165) is 12.8 Å². The van der Waals surface area contributed by atoms with E-state index in [1.807, 2.05) is 36.4 Å². The van der Waals surface area contributed by atoms with Crippen LogP contribution >= 0.6 is 23.2 Å². The van der Waals surface area contributed by atoms with Gasteiger partial charge in [0.2, 0.25) is 0 Å². The summed E-state index contributed by atoms with van der Waals surface area (Å²) >= 11 is 12.0. The molecule has 3 rings (SSSR count). The fourth-order valence-corrected chi connectivity index (χ4v) is 3.51. The highest BCUT2D eigenvalue weighted by molar-refractivity contribution is 6.37. The SMILES string of the molecule is N#C/C(=C/c1ccc(-c2cc([N+](=O)[O-])c(Cl)cc2Cl)o1)C(=O)NCCCc1ccccc1. The highest BCUT2D eigenvalue weighted by Crippen LogP contribution is 2.37. The molecular weight excluding hydrogens is 453 g/mol. The summed E-state index contributed by atoms with van der Waals surface area (Å²) in [4.78, 5) is 22.8. The maximum atomic E-state index is 12.3. The number of carbonyl (C=O) groups is 1. The molecular formula is C23H17Cl2N3O4. The van der Waals surface area contributed by atoms with Crippen LogP contribution < -0.4 is 5.32 Å². The molecule has 9 heteroatoms. The average Bonchev–Trinajstić information content (AvgIpc) is 3.23. The molecule has 3 aromatic rings. The summed E-state index contributed by atoms with van der Waals surface area (Å²) in [5.41, 5.74) is 0.999. The van der Waals surface area contributed by atoms with Gasteiger partial charge in [-0.2, -0.15) is 5.26 Å². The van der Waals surface area contributed by atoms with E-state index in [9.17, 15) is 20.2 Å². The summed E-state index contributed by atoms with van der Waals surface area (Å²) in [6, 6.07) is 17.3. The number of nitro benzene ring substituents is 1. The molecule has 1 amide bonds. The van der Waals surface area contributed by atoms with Gasteiger partial charge in [-0.05, 0) is 36.6 Å². The van der Waals surface area contributed by atoms with Crippen molar-refractivity contribution in [2.24, 2.45) is 0 Å². The van der Waals surface area contributed by atoms with E-state index in [-0.39, 0.29) is 38.4 Å². The van der Waals surface area contributed by atoms with Gasteiger partial charge in [-0.3, -0.25) is 14.9 Å². The van der Waals surface area contributed by atoms with E-state index in [1.54, 1.807) is 0 Å². The van der Waals surface area contributed by atoms with Crippen molar-refractivity contribution in [1.82, 2.24) is 5.32 Å². The van der Waals surface area contributed by atoms with E-state index in [0.29, 0.717) is 6.54 Å². The van der Waals surface area contributed by atoms with Gasteiger partial charge in [-0.15, -0.1) is 0 Å². The Kier molecular flexibility index (Phi) is 7.66. The van der Waals surface area contributed by atoms with Gasteiger partial charge in [0.15, 0.2) is 0 Å². The summed E-state index contributed by atoms with van der Waals surface area (Å²) < 4.78 is 5.63. The van der Waals surface area contributed by atoms with Crippen LogP contribution in [0.3, 0.4) is 0 Å². The zero-order chi connectivity index (χ0) is 23.1. The third-order valence-corrected chi connectivity index (χ3v) is 5.16. The Morgan fingerprint density at radius 1 is 1.16 bits per heavy atom. The normalized spacial score (nSPS) is 11.1. The van der Waals surface area contributed by atoms with Crippen molar-refractivity contribution in [1.29, 1.82) is 5.26 Å². The lowest BCUT2D eigenvalue weighted by Crippen LogP contribution is -2.25. The Balaban J connectivity index is 1.68. The van der Waals surface area contributed by atoms with Gasteiger partial charge in [0.1, 0.15) is 28.2 Å². The highest BCUT2D eigenvalue weighted by Gasteiger charge is 2.19. The molecule has 0 unspecified atom stereocenters. The molecule has 0 aliphatic rings. The van der Waals surface area contributed by atoms with Crippen LogP contribution in [-0.2, 0) is 11.2 Å². The summed E-state index contributed by atoms with van der Waals surface area (Å²) in [5.74, 6) is -0.0510. The molecule has 1 N–H and O–H groups in total. The maximum Gasteiger partial charge on any atom is 0.288 e. The predicted molar refractivity (Wildman–Crippen MR) is 122 cm³/mol. The van der Waals surface area contributed by atoms with Crippen molar-refractivity contribution in [2.45, 2.75) is 12.8 Å². The first kappa shape index (κ1) is 23.1. The van der Waals surface area contributed by atoms with Crippen molar-refractivity contribution in [2.75, 3.05) is 6.54 Å². The number of nitriles is 1. The van der Waals surface area contributed by atoms with Gasteiger partial charge >= 0.3 is 0 Å². The number of furan rings is 1. The van der Waals surface area contributed by atoms with Crippen LogP contribution in [0.15, 0.2) is 64.6 Å². The van der Waals surface area contributed by atoms with Gasteiger partial charge < -0.3 is 9.73 Å². The van der Waals surface area contributed by atoms with Crippen molar-refractivity contribution >= 4 is 40.9 Å². The number of hydrogen-bond donors (Lipinski definition) is 1. The van der Waals surface area contributed by atoms with E-state index < -0.39 is 10.8 Å². The van der Waals surface area contributed by atoms with Crippen LogP contribution in [0.25, 0.3) is 17.4 Å². The second-order valence-electron chi connectivity index (χ2n) is 6.76. The molecule has 0 aliphatic heterocycles. The lowest BCUT2D eigenvalue weighted by molar-refractivity contribution is -0.384. The van der Waals surface area contributed by atoms with Gasteiger partial charge in [-0.1, -0.05) is 53.5 Å². The number of carbonyl (C=O) groups excluding carboxylic acids is 1. The number of amides is 1. The lowest BCUT2D eigenvalue weighted by Gasteiger charge is -2.04. The molecule has 1 heterocycles. The number of nitrogens with zero attached hydrogens (tertiary/aromatic N) is 2. The second kappa shape index (κ2) is 10.6. The van der Waals surface area contributed by atoms with Gasteiger partial charge in [0, 0.05) is 24.3 Å². The summed E-state index contributed by atoms with van der Waals surface area (Å²) in [7, 11) is 0. The van der Waals surface area contributed by atoms with Crippen molar-refractivity contribution in [3.63, 3.8) is 0 Å². The van der Waals surface area contributed by atoms with Gasteiger partial charge in [0.05, 0.1) is 9.95 Å². The van der Waals surface area contributed by atoms with E-state index in [1.165, 1.54) is 35.9 Å². The van der Waals surface area contributed by atoms with E-state index in [4.69, 9.17) is 27.6 Å². The number of rotatable bonds is 8. The predicted octanol–water partition coefficient (Wildman–Crippen LogP) is 5.82. The molecule has 0 bridgehead atoms. The topological polar surface area (TPSA) is 109 Å². The summed E-state index contributed by atoms with van der Waals surface area (Å²) in [6.45, 7) is 0.417. The average molecular weight is 470 g/mol. The number of hydrogen-bond acceptors (Lipinski definition) is 5. The Morgan fingerprint density at radius 3 is 2.59 bits per heavy atom. The number of nitro groups is 1. The van der Waals surface area contributed by atoms with E-state index >= 15 is 0 Å². The Bertz CT molecular complexity index is 1210. The third-order valence-electron chi connectivity index (χ3n) is 4.55. The number of nitrogens with one attached hydrogen (secondary N) is 1. The molecule has 0 aliphatic carbocycles. The molecule has 32 heavy (non-hydrogen) atoms.